The van der Waals surface area contributed by atoms with Crippen LogP contribution in [0.2, 0.25) is 0 Å². The number of hydrogen-bond acceptors (Lipinski definition) is 9. The van der Waals surface area contributed by atoms with E-state index in [-0.39, 0.29) is 11.5 Å². The van der Waals surface area contributed by atoms with E-state index in [1.807, 2.05) is 0 Å². The highest BCUT2D eigenvalue weighted by atomic mass is 32.2. The fourth-order valence-electron chi connectivity index (χ4n) is 2.37. The summed E-state index contributed by atoms with van der Waals surface area (Å²) in [6.45, 7) is -1.21. The molecule has 1 heterocycles. The molecule has 0 aliphatic carbocycles. The van der Waals surface area contributed by atoms with Gasteiger partial charge in [0, 0.05) is 10.9 Å². The minimum atomic E-state index is -1.88. The molecule has 0 spiro atoms. The molecule has 0 aromatic carbocycles. The maximum absolute atomic E-state index is 9.93. The molecule has 9 atom stereocenters. The highest BCUT2D eigenvalue weighted by Gasteiger charge is 2.51. The predicted octanol–water partition coefficient (Wildman–Crippen LogP) is -5.50. The lowest BCUT2D eigenvalue weighted by Crippen LogP contribution is -2.52. The van der Waals surface area contributed by atoms with Crippen LogP contribution in [-0.2, 0) is 10.9 Å². The van der Waals surface area contributed by atoms with Crippen molar-refractivity contribution >= 4 is 10.9 Å². The van der Waals surface area contributed by atoms with Gasteiger partial charge in [-0.05, 0) is 0 Å². The van der Waals surface area contributed by atoms with Gasteiger partial charge in [-0.25, -0.2) is 0 Å². The summed E-state index contributed by atoms with van der Waals surface area (Å²) in [5, 5.41) is 84.7. The third-order valence-electron chi connectivity index (χ3n) is 3.83. The highest BCUT2D eigenvalue weighted by molar-refractivity contribution is 7.97. The summed E-state index contributed by atoms with van der Waals surface area (Å²) in [6, 6.07) is 0. The van der Waals surface area contributed by atoms with Gasteiger partial charge in [0.2, 0.25) is 0 Å². The largest absolute Gasteiger partial charge is 0.394 e. The lowest BCUT2D eigenvalue weighted by atomic mass is 10.0. The molecule has 1 fully saturated rings. The third kappa shape index (κ3) is 4.51. The summed E-state index contributed by atoms with van der Waals surface area (Å²) in [7, 11) is -0.783. The van der Waals surface area contributed by atoms with Gasteiger partial charge in [0.25, 0.3) is 0 Å². The summed E-state index contributed by atoms with van der Waals surface area (Å²) >= 11 is 0. The van der Waals surface area contributed by atoms with Crippen molar-refractivity contribution in [2.24, 2.45) is 0 Å². The van der Waals surface area contributed by atoms with Crippen LogP contribution in [0, 0.1) is 0 Å². The second-order valence-corrected chi connectivity index (χ2v) is 7.79. The smallest absolute Gasteiger partial charge is 0.169 e. The summed E-state index contributed by atoms with van der Waals surface area (Å²) in [6.07, 6.45) is -10.8. The van der Waals surface area contributed by atoms with Crippen molar-refractivity contribution in [3.63, 3.8) is 0 Å². The number of rotatable bonds is 8. The molecular weight excluding hydrogens is 320 g/mol. The Morgan fingerprint density at radius 3 is 1.91 bits per heavy atom. The van der Waals surface area contributed by atoms with Crippen LogP contribution in [0.3, 0.4) is 0 Å². The molecule has 1 saturated heterocycles. The second kappa shape index (κ2) is 8.73. The minimum absolute atomic E-state index is 0.0977. The Kier molecular flexibility index (Phi) is 7.95. The van der Waals surface area contributed by atoms with Crippen LogP contribution in [0.5, 0.6) is 0 Å². The quantitative estimate of drug-likeness (QED) is 0.194. The molecule has 22 heavy (non-hydrogen) atoms. The number of aliphatic hydroxyl groups excluding tert-OH is 9. The van der Waals surface area contributed by atoms with E-state index in [1.54, 1.807) is 0 Å². The van der Waals surface area contributed by atoms with E-state index in [1.165, 1.54) is 0 Å². The first-order valence-corrected chi connectivity index (χ1v) is 8.51. The van der Waals surface area contributed by atoms with E-state index in [9.17, 15) is 40.9 Å². The Bertz CT molecular complexity index is 334. The zero-order valence-corrected chi connectivity index (χ0v) is 12.7. The monoisotopic (exact) mass is 345 g/mol. The van der Waals surface area contributed by atoms with Gasteiger partial charge in [-0.1, -0.05) is 0 Å². The SMILES string of the molecule is OCC(O)C(O)C(O)C(O)C(O)C[S+]1C[C@@H](O)[C@H](O)[C@H]1CO. The molecule has 10 heteroatoms. The molecule has 0 saturated carbocycles. The Morgan fingerprint density at radius 2 is 1.41 bits per heavy atom. The van der Waals surface area contributed by atoms with Crippen LogP contribution in [0.4, 0.5) is 0 Å². The van der Waals surface area contributed by atoms with Gasteiger partial charge in [0.15, 0.2) is 5.25 Å². The van der Waals surface area contributed by atoms with Crippen LogP contribution in [0.1, 0.15) is 0 Å². The summed E-state index contributed by atoms with van der Waals surface area (Å²) in [5.74, 6) is 0.0492. The van der Waals surface area contributed by atoms with Crippen molar-refractivity contribution < 1.29 is 46.0 Å². The van der Waals surface area contributed by atoms with E-state index in [0.29, 0.717) is 0 Å². The zero-order valence-electron chi connectivity index (χ0n) is 11.9. The van der Waals surface area contributed by atoms with Gasteiger partial charge in [-0.3, -0.25) is 0 Å². The van der Waals surface area contributed by atoms with Crippen molar-refractivity contribution in [3.05, 3.63) is 0 Å². The van der Waals surface area contributed by atoms with E-state index in [4.69, 9.17) is 5.11 Å². The number of aliphatic hydroxyl groups is 9. The van der Waals surface area contributed by atoms with Crippen molar-refractivity contribution in [2.75, 3.05) is 24.7 Å². The normalized spacial score (nSPS) is 35.9. The molecule has 0 aromatic heterocycles. The molecule has 0 amide bonds. The molecule has 1 aliphatic heterocycles. The Hall–Kier alpha value is -0.0100. The maximum atomic E-state index is 9.93. The summed E-state index contributed by atoms with van der Waals surface area (Å²) in [4.78, 5) is 0. The van der Waals surface area contributed by atoms with Crippen molar-refractivity contribution in [3.8, 4) is 0 Å². The van der Waals surface area contributed by atoms with Crippen molar-refractivity contribution in [1.29, 1.82) is 0 Å². The lowest BCUT2D eigenvalue weighted by Gasteiger charge is -2.28. The van der Waals surface area contributed by atoms with Crippen LogP contribution < -0.4 is 0 Å². The molecule has 1 aliphatic rings. The third-order valence-corrected chi connectivity index (χ3v) is 6.65. The van der Waals surface area contributed by atoms with Crippen molar-refractivity contribution in [2.45, 2.75) is 48.0 Å². The Labute approximate surface area is 130 Å². The van der Waals surface area contributed by atoms with Crippen LogP contribution in [0.15, 0.2) is 0 Å². The van der Waals surface area contributed by atoms with Gasteiger partial charge < -0.3 is 46.0 Å². The van der Waals surface area contributed by atoms with Crippen LogP contribution in [0.25, 0.3) is 0 Å². The molecule has 132 valence electrons. The summed E-state index contributed by atoms with van der Waals surface area (Å²) in [5.41, 5.74) is 0. The molecule has 0 bridgehead atoms. The van der Waals surface area contributed by atoms with Gasteiger partial charge in [-0.2, -0.15) is 0 Å². The number of hydrogen-bond donors (Lipinski definition) is 9. The molecule has 6 unspecified atom stereocenters. The van der Waals surface area contributed by atoms with E-state index >= 15 is 0 Å². The summed E-state index contributed by atoms with van der Waals surface area (Å²) < 4.78 is 0. The first kappa shape index (κ1) is 20.0. The average molecular weight is 345 g/mol. The zero-order chi connectivity index (χ0) is 17.0. The fraction of sp³-hybridized carbons (Fsp3) is 1.00. The second-order valence-electron chi connectivity index (χ2n) is 5.44. The van der Waals surface area contributed by atoms with Crippen LogP contribution >= 0.6 is 0 Å². The van der Waals surface area contributed by atoms with Crippen LogP contribution in [-0.4, -0.2) is 119 Å². The van der Waals surface area contributed by atoms with E-state index < -0.39 is 72.1 Å². The highest BCUT2D eigenvalue weighted by Crippen LogP contribution is 2.25. The first-order valence-electron chi connectivity index (χ1n) is 6.89. The first-order chi connectivity index (χ1) is 10.2. The Balaban J connectivity index is 2.62. The molecule has 9 nitrogen and oxygen atoms in total. The molecule has 0 aromatic rings. The maximum Gasteiger partial charge on any atom is 0.169 e. The fourth-order valence-corrected chi connectivity index (χ4v) is 5.06. The molecular formula is C12H25O9S+. The lowest BCUT2D eigenvalue weighted by molar-refractivity contribution is -0.136. The van der Waals surface area contributed by atoms with Gasteiger partial charge in [-0.15, -0.1) is 0 Å². The minimum Gasteiger partial charge on any atom is -0.394 e. The standard InChI is InChI=1S/C12H25O9S/c13-1-5(15)10(19)12(21)11(20)7(17)4-22-3-6(16)9(18)8(22)2-14/h5-21H,1-4H2/q+1/t5?,6-,7?,8-,9+,10?,11?,12?,22?/m1/s1. The van der Waals surface area contributed by atoms with Gasteiger partial charge in [0.05, 0.1) is 13.2 Å². The van der Waals surface area contributed by atoms with Gasteiger partial charge >= 0.3 is 0 Å². The molecule has 9 N–H and O–H groups in total. The molecule has 0 radical (unpaired) electrons. The predicted molar refractivity (Wildman–Crippen MR) is 77.1 cm³/mol. The Morgan fingerprint density at radius 1 is 0.864 bits per heavy atom. The van der Waals surface area contributed by atoms with E-state index in [0.717, 1.165) is 0 Å². The van der Waals surface area contributed by atoms with E-state index in [2.05, 4.69) is 0 Å². The van der Waals surface area contributed by atoms with Gasteiger partial charge in [0.1, 0.15) is 54.2 Å². The molecule has 1 rings (SSSR count). The van der Waals surface area contributed by atoms with Crippen molar-refractivity contribution in [1.82, 2.24) is 0 Å². The average Bonchev–Trinajstić information content (AvgIpc) is 2.77. The topological polar surface area (TPSA) is 182 Å².